The number of benzene rings is 2. The SMILES string of the molecule is COc1ccc(CN2C(=S)N[C@@H](c3ccccn3)[C@H]2c2cc(C)n(-c3ccc(Cl)cc3)c2C)cc1. The highest BCUT2D eigenvalue weighted by Gasteiger charge is 2.41. The molecule has 35 heavy (non-hydrogen) atoms. The monoisotopic (exact) mass is 502 g/mol. The minimum atomic E-state index is -0.0684. The van der Waals surface area contributed by atoms with Crippen LogP contribution in [0.3, 0.4) is 0 Å². The summed E-state index contributed by atoms with van der Waals surface area (Å²) in [6.45, 7) is 4.98. The summed E-state index contributed by atoms with van der Waals surface area (Å²) < 4.78 is 7.61. The van der Waals surface area contributed by atoms with Crippen LogP contribution in [0.5, 0.6) is 5.75 Å². The van der Waals surface area contributed by atoms with Gasteiger partial charge in [-0.05, 0) is 91.8 Å². The fourth-order valence-corrected chi connectivity index (χ4v) is 5.35. The standard InChI is InChI=1S/C28H27ClN4OS/c1-18-16-24(19(2)33(18)22-11-9-21(29)10-12-22)27-26(25-6-4-5-15-30-25)31-28(35)32(27)17-20-7-13-23(34-3)14-8-20/h4-16,26-27H,17H2,1-3H3,(H,31,35)/t26-,27+/m0/s1. The van der Waals surface area contributed by atoms with E-state index in [9.17, 15) is 0 Å². The van der Waals surface area contributed by atoms with Crippen LogP contribution in [-0.4, -0.2) is 26.7 Å². The van der Waals surface area contributed by atoms with E-state index in [2.05, 4.69) is 70.0 Å². The average molecular weight is 503 g/mol. The van der Waals surface area contributed by atoms with E-state index < -0.39 is 0 Å². The van der Waals surface area contributed by atoms with E-state index >= 15 is 0 Å². The van der Waals surface area contributed by atoms with E-state index in [1.807, 2.05) is 42.6 Å². The van der Waals surface area contributed by atoms with Crippen LogP contribution in [0.15, 0.2) is 79.0 Å². The van der Waals surface area contributed by atoms with Crippen molar-refractivity contribution in [3.05, 3.63) is 112 Å². The highest BCUT2D eigenvalue weighted by molar-refractivity contribution is 7.80. The van der Waals surface area contributed by atoms with E-state index in [0.717, 1.165) is 38.5 Å². The summed E-state index contributed by atoms with van der Waals surface area (Å²) in [5.41, 5.74) is 6.75. The van der Waals surface area contributed by atoms with E-state index in [1.54, 1.807) is 7.11 Å². The van der Waals surface area contributed by atoms with Crippen LogP contribution in [-0.2, 0) is 6.54 Å². The molecule has 7 heteroatoms. The lowest BCUT2D eigenvalue weighted by atomic mass is 9.96. The van der Waals surface area contributed by atoms with Gasteiger partial charge in [0.1, 0.15) is 5.75 Å². The molecule has 0 radical (unpaired) electrons. The fourth-order valence-electron chi connectivity index (χ4n) is 4.92. The molecule has 1 aliphatic rings. The molecule has 5 nitrogen and oxygen atoms in total. The van der Waals surface area contributed by atoms with Crippen molar-refractivity contribution in [2.75, 3.05) is 7.11 Å². The molecule has 1 fully saturated rings. The minimum absolute atomic E-state index is 0.0215. The zero-order valence-electron chi connectivity index (χ0n) is 19.9. The molecule has 0 saturated carbocycles. The van der Waals surface area contributed by atoms with Crippen LogP contribution in [0.1, 0.15) is 40.3 Å². The number of aromatic nitrogens is 2. The van der Waals surface area contributed by atoms with Crippen LogP contribution < -0.4 is 10.1 Å². The third-order valence-corrected chi connectivity index (χ3v) is 7.19. The van der Waals surface area contributed by atoms with Crippen LogP contribution in [0.2, 0.25) is 5.02 Å². The maximum atomic E-state index is 6.15. The number of nitrogens with zero attached hydrogens (tertiary/aromatic N) is 3. The topological polar surface area (TPSA) is 42.3 Å². The third kappa shape index (κ3) is 4.51. The van der Waals surface area contributed by atoms with Crippen molar-refractivity contribution in [2.45, 2.75) is 32.5 Å². The van der Waals surface area contributed by atoms with Gasteiger partial charge in [0.05, 0.1) is 24.9 Å². The first-order chi connectivity index (χ1) is 17.0. The summed E-state index contributed by atoms with van der Waals surface area (Å²) in [7, 11) is 1.68. The van der Waals surface area contributed by atoms with Crippen LogP contribution in [0.4, 0.5) is 0 Å². The first-order valence-electron chi connectivity index (χ1n) is 11.5. The second kappa shape index (κ2) is 9.72. The van der Waals surface area contributed by atoms with Gasteiger partial charge in [-0.25, -0.2) is 0 Å². The van der Waals surface area contributed by atoms with E-state index in [1.165, 1.54) is 11.3 Å². The molecule has 1 saturated heterocycles. The number of rotatable bonds is 6. The quantitative estimate of drug-likeness (QED) is 0.312. The zero-order valence-corrected chi connectivity index (χ0v) is 21.5. The first-order valence-corrected chi connectivity index (χ1v) is 12.3. The molecule has 0 bridgehead atoms. The lowest BCUT2D eigenvalue weighted by Crippen LogP contribution is -2.29. The van der Waals surface area contributed by atoms with Crippen molar-refractivity contribution in [1.29, 1.82) is 0 Å². The van der Waals surface area contributed by atoms with Crippen molar-refractivity contribution >= 4 is 28.9 Å². The van der Waals surface area contributed by atoms with Crippen molar-refractivity contribution in [3.63, 3.8) is 0 Å². The lowest BCUT2D eigenvalue weighted by Gasteiger charge is -2.28. The van der Waals surface area contributed by atoms with Gasteiger partial charge < -0.3 is 19.5 Å². The van der Waals surface area contributed by atoms with Crippen molar-refractivity contribution < 1.29 is 4.74 Å². The van der Waals surface area contributed by atoms with Crippen LogP contribution in [0.25, 0.3) is 5.69 Å². The van der Waals surface area contributed by atoms with Crippen LogP contribution >= 0.6 is 23.8 Å². The smallest absolute Gasteiger partial charge is 0.170 e. The van der Waals surface area contributed by atoms with Crippen molar-refractivity contribution in [2.24, 2.45) is 0 Å². The van der Waals surface area contributed by atoms with Crippen molar-refractivity contribution in [1.82, 2.24) is 19.8 Å². The molecule has 0 aliphatic carbocycles. The van der Waals surface area contributed by atoms with E-state index in [4.69, 9.17) is 28.6 Å². The number of pyridine rings is 1. The van der Waals surface area contributed by atoms with Gasteiger partial charge in [0.15, 0.2) is 5.11 Å². The Morgan fingerprint density at radius 3 is 2.43 bits per heavy atom. The molecule has 3 heterocycles. The molecule has 0 amide bonds. The van der Waals surface area contributed by atoms with Gasteiger partial charge in [0, 0.05) is 34.8 Å². The number of methoxy groups -OCH3 is 1. The largest absolute Gasteiger partial charge is 0.497 e. The van der Waals surface area contributed by atoms with Gasteiger partial charge in [-0.3, -0.25) is 4.98 Å². The maximum Gasteiger partial charge on any atom is 0.170 e. The highest BCUT2D eigenvalue weighted by Crippen LogP contribution is 2.42. The molecule has 1 N–H and O–H groups in total. The Morgan fingerprint density at radius 2 is 1.77 bits per heavy atom. The Balaban J connectivity index is 1.59. The fraction of sp³-hybridized carbons (Fsp3) is 0.214. The number of nitrogens with one attached hydrogen (secondary N) is 1. The number of thiocarbonyl (C=S) groups is 1. The Morgan fingerprint density at radius 1 is 1.03 bits per heavy atom. The molecular weight excluding hydrogens is 476 g/mol. The molecule has 2 atom stereocenters. The zero-order chi connectivity index (χ0) is 24.5. The van der Waals surface area contributed by atoms with Gasteiger partial charge in [0.25, 0.3) is 0 Å². The molecule has 0 spiro atoms. The molecular formula is C28H27ClN4OS. The normalized spacial score (nSPS) is 17.5. The minimum Gasteiger partial charge on any atom is -0.497 e. The second-order valence-electron chi connectivity index (χ2n) is 8.74. The molecule has 0 unspecified atom stereocenters. The summed E-state index contributed by atoms with van der Waals surface area (Å²) in [5, 5.41) is 5.00. The molecule has 2 aromatic heterocycles. The average Bonchev–Trinajstić information content (AvgIpc) is 3.35. The van der Waals surface area contributed by atoms with Gasteiger partial charge in [0.2, 0.25) is 0 Å². The number of ether oxygens (including phenoxy) is 1. The predicted molar refractivity (Wildman–Crippen MR) is 144 cm³/mol. The lowest BCUT2D eigenvalue weighted by molar-refractivity contribution is 0.310. The highest BCUT2D eigenvalue weighted by atomic mass is 35.5. The first kappa shape index (κ1) is 23.4. The summed E-state index contributed by atoms with van der Waals surface area (Å²) >= 11 is 12.0. The molecule has 2 aromatic carbocycles. The molecule has 4 aromatic rings. The number of aryl methyl sites for hydroxylation is 1. The molecule has 5 rings (SSSR count). The van der Waals surface area contributed by atoms with Crippen molar-refractivity contribution in [3.8, 4) is 11.4 Å². The Hall–Kier alpha value is -3.35. The van der Waals surface area contributed by atoms with E-state index in [-0.39, 0.29) is 12.1 Å². The summed E-state index contributed by atoms with van der Waals surface area (Å²) in [6, 6.07) is 24.3. The number of hydrogen-bond donors (Lipinski definition) is 1. The Labute approximate surface area is 216 Å². The molecule has 1 aliphatic heterocycles. The van der Waals surface area contributed by atoms with E-state index in [0.29, 0.717) is 6.54 Å². The second-order valence-corrected chi connectivity index (χ2v) is 9.56. The van der Waals surface area contributed by atoms with Gasteiger partial charge in [-0.15, -0.1) is 0 Å². The summed E-state index contributed by atoms with van der Waals surface area (Å²) in [6.07, 6.45) is 1.83. The van der Waals surface area contributed by atoms with Gasteiger partial charge in [-0.1, -0.05) is 29.8 Å². The van der Waals surface area contributed by atoms with Gasteiger partial charge in [-0.2, -0.15) is 0 Å². The number of halogens is 1. The molecule has 178 valence electrons. The Bertz CT molecular complexity index is 1340. The maximum absolute atomic E-state index is 6.15. The summed E-state index contributed by atoms with van der Waals surface area (Å²) in [5.74, 6) is 0.838. The third-order valence-electron chi connectivity index (χ3n) is 6.58. The predicted octanol–water partition coefficient (Wildman–Crippen LogP) is 6.32. The number of hydrogen-bond acceptors (Lipinski definition) is 3. The Kier molecular flexibility index (Phi) is 6.50. The van der Waals surface area contributed by atoms with Crippen LogP contribution in [0, 0.1) is 13.8 Å². The van der Waals surface area contributed by atoms with Gasteiger partial charge >= 0.3 is 0 Å². The summed E-state index contributed by atoms with van der Waals surface area (Å²) in [4.78, 5) is 6.94.